The summed E-state index contributed by atoms with van der Waals surface area (Å²) < 4.78 is 17.9. The van der Waals surface area contributed by atoms with Crippen LogP contribution in [0.3, 0.4) is 0 Å². The molecule has 7 rings (SSSR count). The van der Waals surface area contributed by atoms with Gasteiger partial charge in [-0.2, -0.15) is 0 Å². The van der Waals surface area contributed by atoms with Crippen LogP contribution in [0, 0.1) is 0 Å². The second-order valence-electron chi connectivity index (χ2n) is 12.4. The number of benzene rings is 2. The SMILES string of the molecule is CCc1c2c(nc3ccc(OC(=O)N4CCC(NC(=O)OCc5ccccc5)CC4)cc13)-c1cc3c(c(=O)n1C2)COC(=O)[C@@]3(O)CC. The zero-order chi connectivity index (χ0) is 33.6. The number of aryl methyl sites for hydroxylation is 1. The maximum Gasteiger partial charge on any atom is 0.415 e. The zero-order valence-electron chi connectivity index (χ0n) is 26.8. The molecule has 2 aromatic carbocycles. The number of carbonyl (C=O) groups excluding carboxylic acids is 3. The van der Waals surface area contributed by atoms with Crippen molar-refractivity contribution in [1.29, 1.82) is 0 Å². The van der Waals surface area contributed by atoms with Gasteiger partial charge in [-0.25, -0.2) is 19.4 Å². The molecule has 0 saturated carbocycles. The smallest absolute Gasteiger partial charge is 0.415 e. The molecule has 0 radical (unpaired) electrons. The van der Waals surface area contributed by atoms with Crippen LogP contribution in [0.15, 0.2) is 59.4 Å². The third-order valence-corrected chi connectivity index (χ3v) is 9.62. The van der Waals surface area contributed by atoms with Crippen molar-refractivity contribution in [2.24, 2.45) is 0 Å². The molecule has 1 fully saturated rings. The largest absolute Gasteiger partial charge is 0.458 e. The van der Waals surface area contributed by atoms with E-state index in [2.05, 4.69) is 5.32 Å². The summed E-state index contributed by atoms with van der Waals surface area (Å²) in [6.45, 7) is 4.82. The Morgan fingerprint density at radius 2 is 1.83 bits per heavy atom. The standard InChI is InChI=1S/C36H36N4O8/c1-3-24-25-16-23(48-35(44)39-14-12-22(13-15-39)37-34(43)47-19-21-8-6-5-7-9-21)10-11-29(25)38-31-26(24)18-40-30(31)17-28-27(32(40)41)20-46-33(42)36(28,45)4-2/h5-11,16-17,22,45H,3-4,12-15,18-20H2,1-2H3,(H,37,43)/t36-/m1/s1. The lowest BCUT2D eigenvalue weighted by molar-refractivity contribution is -0.172. The molecular weight excluding hydrogens is 616 g/mol. The molecule has 1 atom stereocenters. The quantitative estimate of drug-likeness (QED) is 0.252. The van der Waals surface area contributed by atoms with Crippen LogP contribution in [0.5, 0.6) is 5.75 Å². The van der Waals surface area contributed by atoms with Gasteiger partial charge in [-0.05, 0) is 61.1 Å². The highest BCUT2D eigenvalue weighted by Gasteiger charge is 2.45. The highest BCUT2D eigenvalue weighted by Crippen LogP contribution is 2.40. The molecule has 248 valence electrons. The van der Waals surface area contributed by atoms with E-state index in [1.807, 2.05) is 37.3 Å². The summed E-state index contributed by atoms with van der Waals surface area (Å²) in [5.41, 5.74) is 2.93. The van der Waals surface area contributed by atoms with Gasteiger partial charge < -0.3 is 34.1 Å². The third-order valence-electron chi connectivity index (χ3n) is 9.62. The Bertz CT molecular complexity index is 2000. The monoisotopic (exact) mass is 652 g/mol. The first kappa shape index (κ1) is 31.4. The summed E-state index contributed by atoms with van der Waals surface area (Å²) in [6.07, 6.45) is 0.889. The van der Waals surface area contributed by atoms with E-state index >= 15 is 0 Å². The molecule has 12 heteroatoms. The average molecular weight is 653 g/mol. The van der Waals surface area contributed by atoms with Crippen LogP contribution in [-0.4, -0.2) is 56.8 Å². The van der Waals surface area contributed by atoms with E-state index in [0.717, 1.165) is 22.1 Å². The molecule has 12 nitrogen and oxygen atoms in total. The number of pyridine rings is 2. The fraction of sp³-hybridized carbons (Fsp3) is 0.361. The van der Waals surface area contributed by atoms with Gasteiger partial charge in [0.25, 0.3) is 5.56 Å². The number of piperidine rings is 1. The van der Waals surface area contributed by atoms with Gasteiger partial charge in [-0.3, -0.25) is 4.79 Å². The predicted octanol–water partition coefficient (Wildman–Crippen LogP) is 4.53. The molecule has 0 unspecified atom stereocenters. The topological polar surface area (TPSA) is 149 Å². The number of esters is 1. The van der Waals surface area contributed by atoms with Crippen molar-refractivity contribution in [3.8, 4) is 17.1 Å². The summed E-state index contributed by atoms with van der Waals surface area (Å²) in [5, 5.41) is 14.9. The van der Waals surface area contributed by atoms with Crippen LogP contribution in [-0.2, 0) is 46.0 Å². The Hall–Kier alpha value is -5.23. The lowest BCUT2D eigenvalue weighted by atomic mass is 9.86. The van der Waals surface area contributed by atoms with Gasteiger partial charge in [0.15, 0.2) is 5.60 Å². The van der Waals surface area contributed by atoms with E-state index in [-0.39, 0.29) is 48.9 Å². The van der Waals surface area contributed by atoms with Crippen LogP contribution >= 0.6 is 0 Å². The van der Waals surface area contributed by atoms with Crippen molar-refractivity contribution in [3.63, 3.8) is 0 Å². The van der Waals surface area contributed by atoms with Gasteiger partial charge in [-0.1, -0.05) is 44.2 Å². The Morgan fingerprint density at radius 1 is 1.06 bits per heavy atom. The highest BCUT2D eigenvalue weighted by molar-refractivity contribution is 5.90. The predicted molar refractivity (Wildman–Crippen MR) is 174 cm³/mol. The van der Waals surface area contributed by atoms with E-state index in [1.165, 1.54) is 0 Å². The Kier molecular flexibility index (Phi) is 8.12. The third kappa shape index (κ3) is 5.45. The van der Waals surface area contributed by atoms with Gasteiger partial charge >= 0.3 is 18.2 Å². The summed E-state index contributed by atoms with van der Waals surface area (Å²) in [5.74, 6) is -0.386. The van der Waals surface area contributed by atoms with Crippen molar-refractivity contribution < 1.29 is 33.7 Å². The number of nitrogens with one attached hydrogen (secondary N) is 1. The summed E-state index contributed by atoms with van der Waals surface area (Å²) in [6, 6.07) is 16.3. The number of rotatable bonds is 6. The van der Waals surface area contributed by atoms with Crippen molar-refractivity contribution >= 4 is 29.1 Å². The van der Waals surface area contributed by atoms with Gasteiger partial charge in [0.2, 0.25) is 0 Å². The van der Waals surface area contributed by atoms with E-state index in [4.69, 9.17) is 19.2 Å². The maximum atomic E-state index is 13.6. The summed E-state index contributed by atoms with van der Waals surface area (Å²) >= 11 is 0. The number of likely N-dealkylation sites (tertiary alicyclic amines) is 1. The summed E-state index contributed by atoms with van der Waals surface area (Å²) in [4.78, 5) is 58.0. The number of aliphatic hydroxyl groups is 1. The molecule has 1 saturated heterocycles. The maximum absolute atomic E-state index is 13.6. The van der Waals surface area contributed by atoms with Crippen LogP contribution < -0.4 is 15.6 Å². The van der Waals surface area contributed by atoms with Crippen molar-refractivity contribution in [2.75, 3.05) is 13.1 Å². The minimum atomic E-state index is -1.89. The normalized spacial score (nSPS) is 18.5. The van der Waals surface area contributed by atoms with E-state index in [0.29, 0.717) is 55.0 Å². The average Bonchev–Trinajstić information content (AvgIpc) is 3.47. The molecule has 0 spiro atoms. The van der Waals surface area contributed by atoms with E-state index in [1.54, 1.807) is 40.7 Å². The molecule has 3 aliphatic rings. The van der Waals surface area contributed by atoms with Gasteiger partial charge in [-0.15, -0.1) is 0 Å². The second kappa shape index (κ2) is 12.4. The first-order valence-electron chi connectivity index (χ1n) is 16.3. The highest BCUT2D eigenvalue weighted by atomic mass is 16.6. The van der Waals surface area contributed by atoms with Crippen LogP contribution in [0.4, 0.5) is 9.59 Å². The molecule has 2 amide bonds. The Morgan fingerprint density at radius 3 is 2.56 bits per heavy atom. The second-order valence-corrected chi connectivity index (χ2v) is 12.4. The van der Waals surface area contributed by atoms with Crippen molar-refractivity contribution in [1.82, 2.24) is 19.8 Å². The summed E-state index contributed by atoms with van der Waals surface area (Å²) in [7, 11) is 0. The Labute approximate surface area is 276 Å². The molecule has 0 bridgehead atoms. The fourth-order valence-corrected chi connectivity index (χ4v) is 6.91. The van der Waals surface area contributed by atoms with Crippen LogP contribution in [0.25, 0.3) is 22.3 Å². The number of alkyl carbamates (subject to hydrolysis) is 1. The minimum Gasteiger partial charge on any atom is -0.458 e. The lowest BCUT2D eigenvalue weighted by Crippen LogP contribution is -2.47. The number of carbonyl (C=O) groups is 3. The number of amides is 2. The van der Waals surface area contributed by atoms with E-state index in [9.17, 15) is 24.3 Å². The molecule has 0 aliphatic carbocycles. The van der Waals surface area contributed by atoms with Crippen molar-refractivity contribution in [2.45, 2.75) is 70.9 Å². The Balaban J connectivity index is 1.05. The van der Waals surface area contributed by atoms with Crippen LogP contribution in [0.1, 0.15) is 60.9 Å². The number of nitrogens with zero attached hydrogens (tertiary/aromatic N) is 3. The lowest BCUT2D eigenvalue weighted by Gasteiger charge is -2.31. The van der Waals surface area contributed by atoms with Gasteiger partial charge in [0.05, 0.1) is 29.0 Å². The molecule has 2 aromatic heterocycles. The first-order valence-corrected chi connectivity index (χ1v) is 16.3. The number of ether oxygens (including phenoxy) is 3. The fourth-order valence-electron chi connectivity index (χ4n) is 6.91. The first-order chi connectivity index (χ1) is 23.2. The van der Waals surface area contributed by atoms with Crippen LogP contribution in [0.2, 0.25) is 0 Å². The zero-order valence-corrected chi connectivity index (χ0v) is 26.8. The van der Waals surface area contributed by atoms with E-state index < -0.39 is 23.8 Å². The molecule has 2 N–H and O–H groups in total. The number of cyclic esters (lactones) is 1. The minimum absolute atomic E-state index is 0.0696. The van der Waals surface area contributed by atoms with Gasteiger partial charge in [0.1, 0.15) is 19.0 Å². The van der Waals surface area contributed by atoms with Crippen molar-refractivity contribution in [3.05, 3.63) is 92.8 Å². The number of fused-ring (bicyclic) bond motifs is 5. The molecule has 48 heavy (non-hydrogen) atoms. The molecule has 3 aliphatic heterocycles. The molecule has 4 aromatic rings. The molecule has 5 heterocycles. The number of aromatic nitrogens is 2. The molecular formula is C36H36N4O8. The number of hydrogen-bond acceptors (Lipinski definition) is 9. The van der Waals surface area contributed by atoms with Gasteiger partial charge in [0, 0.05) is 35.6 Å². The number of hydrogen-bond donors (Lipinski definition) is 2.